The first kappa shape index (κ1) is 23.5. The van der Waals surface area contributed by atoms with Crippen LogP contribution in [0, 0.1) is 6.92 Å². The first-order valence-electron chi connectivity index (χ1n) is 10.3. The van der Waals surface area contributed by atoms with Crippen LogP contribution in [-0.2, 0) is 21.2 Å². The van der Waals surface area contributed by atoms with Gasteiger partial charge in [0.15, 0.2) is 5.78 Å². The number of carbonyl (C=O) groups is 2. The summed E-state index contributed by atoms with van der Waals surface area (Å²) in [7, 11) is -3.49. The van der Waals surface area contributed by atoms with E-state index in [0.717, 1.165) is 32.6 Å². The van der Waals surface area contributed by atoms with Gasteiger partial charge in [-0.2, -0.15) is 0 Å². The van der Waals surface area contributed by atoms with Gasteiger partial charge in [0.1, 0.15) is 5.01 Å². The van der Waals surface area contributed by atoms with Crippen molar-refractivity contribution in [3.63, 3.8) is 0 Å². The quantitative estimate of drug-likeness (QED) is 0.402. The molecule has 0 aliphatic carbocycles. The van der Waals surface area contributed by atoms with Crippen molar-refractivity contribution in [2.45, 2.75) is 13.3 Å². The summed E-state index contributed by atoms with van der Waals surface area (Å²) in [5, 5.41) is 5.13. The number of hydrogen-bond donors (Lipinski definition) is 1. The Balaban J connectivity index is 1.38. The van der Waals surface area contributed by atoms with Crippen LogP contribution in [0.15, 0.2) is 66.6 Å². The van der Waals surface area contributed by atoms with Crippen molar-refractivity contribution in [3.05, 3.63) is 82.7 Å². The molecule has 0 fully saturated rings. The summed E-state index contributed by atoms with van der Waals surface area (Å²) in [6.45, 7) is 1.47. The highest BCUT2D eigenvalue weighted by molar-refractivity contribution is 7.89. The van der Waals surface area contributed by atoms with E-state index in [2.05, 4.69) is 15.3 Å². The van der Waals surface area contributed by atoms with Gasteiger partial charge >= 0.3 is 0 Å². The second kappa shape index (κ2) is 9.70. The summed E-state index contributed by atoms with van der Waals surface area (Å²) in [4.78, 5) is 33.5. The Morgan fingerprint density at radius 1 is 1.06 bits per heavy atom. The Morgan fingerprint density at radius 2 is 1.79 bits per heavy atom. The first-order valence-corrected chi connectivity index (χ1v) is 13.1. The lowest BCUT2D eigenvalue weighted by molar-refractivity contribution is -0.117. The minimum atomic E-state index is -3.49. The van der Waals surface area contributed by atoms with Crippen LogP contribution >= 0.6 is 11.3 Å². The van der Waals surface area contributed by atoms with Gasteiger partial charge in [0, 0.05) is 35.7 Å². The zero-order valence-electron chi connectivity index (χ0n) is 18.6. The van der Waals surface area contributed by atoms with Gasteiger partial charge in [-0.25, -0.2) is 13.4 Å². The lowest BCUT2D eigenvalue weighted by Gasteiger charge is -2.04. The predicted octanol–water partition coefficient (Wildman–Crippen LogP) is 3.33. The molecular formula is C24H22N4O4S2. The monoisotopic (exact) mass is 494 g/mol. The van der Waals surface area contributed by atoms with Gasteiger partial charge in [-0.3, -0.25) is 18.5 Å². The minimum absolute atomic E-state index is 0.0956. The van der Waals surface area contributed by atoms with Crippen LogP contribution < -0.4 is 5.32 Å². The number of hydrogen-bond acceptors (Lipinski definition) is 7. The predicted molar refractivity (Wildman–Crippen MR) is 131 cm³/mol. The van der Waals surface area contributed by atoms with Crippen molar-refractivity contribution in [2.24, 2.45) is 0 Å². The number of benzene rings is 1. The Labute approximate surface area is 201 Å². The van der Waals surface area contributed by atoms with Gasteiger partial charge in [-0.15, -0.1) is 11.3 Å². The molecule has 1 amide bonds. The van der Waals surface area contributed by atoms with Crippen LogP contribution in [0.4, 0.5) is 0 Å². The minimum Gasteiger partial charge on any atom is -0.345 e. The van der Waals surface area contributed by atoms with E-state index in [4.69, 9.17) is 0 Å². The molecule has 10 heteroatoms. The van der Waals surface area contributed by atoms with E-state index in [1.54, 1.807) is 19.3 Å². The number of Topliss-reactive ketones (excluding diaryl/α,β-unsaturated/α-hetero) is 1. The summed E-state index contributed by atoms with van der Waals surface area (Å²) in [6.07, 6.45) is 7.25. The van der Waals surface area contributed by atoms with E-state index in [9.17, 15) is 18.0 Å². The van der Waals surface area contributed by atoms with E-state index < -0.39 is 15.9 Å². The highest BCUT2D eigenvalue weighted by Crippen LogP contribution is 2.27. The zero-order valence-corrected chi connectivity index (χ0v) is 20.2. The Kier molecular flexibility index (Phi) is 6.71. The first-order chi connectivity index (χ1) is 16.2. The van der Waals surface area contributed by atoms with Crippen LogP contribution in [0.5, 0.6) is 0 Å². The molecule has 0 unspecified atom stereocenters. The third kappa shape index (κ3) is 5.46. The average molecular weight is 495 g/mol. The molecule has 0 aliphatic rings. The number of aryl methyl sites for hydroxylation is 1. The topological polar surface area (TPSA) is 111 Å². The summed E-state index contributed by atoms with van der Waals surface area (Å²) in [6, 6.07) is 11.9. The van der Waals surface area contributed by atoms with Gasteiger partial charge < -0.3 is 5.32 Å². The summed E-state index contributed by atoms with van der Waals surface area (Å²) < 4.78 is 24.3. The molecule has 0 atom stereocenters. The van der Waals surface area contributed by atoms with Crippen LogP contribution in [0.1, 0.15) is 20.9 Å². The highest BCUT2D eigenvalue weighted by Gasteiger charge is 2.17. The Bertz CT molecular complexity index is 1460. The largest absolute Gasteiger partial charge is 0.345 e. The molecule has 0 bridgehead atoms. The van der Waals surface area contributed by atoms with Crippen LogP contribution in [0.2, 0.25) is 0 Å². The number of rotatable bonds is 8. The molecule has 0 saturated heterocycles. The number of amides is 1. The number of nitrogens with one attached hydrogen (secondary N) is 1. The molecule has 34 heavy (non-hydrogen) atoms. The molecule has 0 aliphatic heterocycles. The van der Waals surface area contributed by atoms with E-state index in [-0.39, 0.29) is 24.3 Å². The molecule has 4 aromatic rings. The maximum Gasteiger partial charge on any atom is 0.253 e. The fourth-order valence-corrected chi connectivity index (χ4v) is 4.87. The van der Waals surface area contributed by atoms with E-state index in [0.29, 0.717) is 10.6 Å². The summed E-state index contributed by atoms with van der Waals surface area (Å²) in [5.74, 6) is -0.694. The van der Waals surface area contributed by atoms with Gasteiger partial charge in [-0.05, 0) is 41.8 Å². The van der Waals surface area contributed by atoms with E-state index in [1.165, 1.54) is 23.7 Å². The average Bonchev–Trinajstić information content (AvgIpc) is 3.45. The van der Waals surface area contributed by atoms with Gasteiger partial charge in [0.2, 0.25) is 10.0 Å². The molecule has 0 radical (unpaired) electrons. The third-order valence-electron chi connectivity index (χ3n) is 5.15. The standard InChI is InChI=1S/C24H22N4O4S2/c1-16-13-28(34(2,31)32)14-21(16)24(30)26-12-20(29)11-23-27-22(15-33-23)19-5-3-4-18(10-19)17-6-8-25-9-7-17/h3-10,13-15H,11-12H2,1-2H3,(H,26,30). The molecule has 174 valence electrons. The second-order valence-corrected chi connectivity index (χ2v) is 10.6. The van der Waals surface area contributed by atoms with Crippen LogP contribution in [0.3, 0.4) is 0 Å². The van der Waals surface area contributed by atoms with Crippen molar-refractivity contribution in [3.8, 4) is 22.4 Å². The van der Waals surface area contributed by atoms with E-state index in [1.807, 2.05) is 41.8 Å². The number of nitrogens with zero attached hydrogens (tertiary/aromatic N) is 3. The van der Waals surface area contributed by atoms with Crippen molar-refractivity contribution in [1.29, 1.82) is 0 Å². The fourth-order valence-electron chi connectivity index (χ4n) is 3.39. The number of aromatic nitrogens is 3. The Morgan fingerprint density at radius 3 is 2.50 bits per heavy atom. The van der Waals surface area contributed by atoms with Crippen molar-refractivity contribution >= 4 is 33.1 Å². The van der Waals surface area contributed by atoms with Crippen molar-refractivity contribution in [2.75, 3.05) is 12.8 Å². The van der Waals surface area contributed by atoms with Crippen LogP contribution in [-0.4, -0.2) is 46.8 Å². The normalized spacial score (nSPS) is 11.4. The molecule has 1 aromatic carbocycles. The molecule has 8 nitrogen and oxygen atoms in total. The molecular weight excluding hydrogens is 472 g/mol. The highest BCUT2D eigenvalue weighted by atomic mass is 32.2. The number of pyridine rings is 1. The van der Waals surface area contributed by atoms with E-state index >= 15 is 0 Å². The summed E-state index contributed by atoms with van der Waals surface area (Å²) in [5.41, 5.74) is 4.56. The zero-order chi connectivity index (χ0) is 24.3. The molecule has 4 rings (SSSR count). The van der Waals surface area contributed by atoms with Crippen LogP contribution in [0.25, 0.3) is 22.4 Å². The Hall–Kier alpha value is -3.63. The lowest BCUT2D eigenvalue weighted by Crippen LogP contribution is -2.30. The third-order valence-corrected chi connectivity index (χ3v) is 6.97. The second-order valence-electron chi connectivity index (χ2n) is 7.79. The SMILES string of the molecule is Cc1cn(S(C)(=O)=O)cc1C(=O)NCC(=O)Cc1nc(-c2cccc(-c3ccncc3)c2)cs1. The number of ketones is 1. The smallest absolute Gasteiger partial charge is 0.253 e. The molecule has 1 N–H and O–H groups in total. The maximum absolute atomic E-state index is 12.4. The van der Waals surface area contributed by atoms with Crippen molar-refractivity contribution < 1.29 is 18.0 Å². The lowest BCUT2D eigenvalue weighted by atomic mass is 10.0. The maximum atomic E-state index is 12.4. The summed E-state index contributed by atoms with van der Waals surface area (Å²) >= 11 is 1.39. The van der Waals surface area contributed by atoms with Gasteiger partial charge in [0.25, 0.3) is 5.91 Å². The molecule has 0 spiro atoms. The fraction of sp³-hybridized carbons (Fsp3) is 0.167. The number of carbonyl (C=O) groups excluding carboxylic acids is 2. The van der Waals surface area contributed by atoms with Gasteiger partial charge in [-0.1, -0.05) is 18.2 Å². The number of thiazole rings is 1. The molecule has 3 aromatic heterocycles. The van der Waals surface area contributed by atoms with Gasteiger partial charge in [0.05, 0.1) is 30.5 Å². The molecule has 3 heterocycles. The molecule has 0 saturated carbocycles. The van der Waals surface area contributed by atoms with Crippen molar-refractivity contribution in [1.82, 2.24) is 19.3 Å².